The van der Waals surface area contributed by atoms with E-state index in [0.29, 0.717) is 24.2 Å². The van der Waals surface area contributed by atoms with Crippen LogP contribution in [0.4, 0.5) is 0 Å². The number of carbonyl (C=O) groups is 1. The monoisotopic (exact) mass is 470 g/mol. The summed E-state index contributed by atoms with van der Waals surface area (Å²) in [6, 6.07) is 16.1. The van der Waals surface area contributed by atoms with Crippen LogP contribution < -0.4 is 5.73 Å². The summed E-state index contributed by atoms with van der Waals surface area (Å²) in [5.74, 6) is 1.75. The molecule has 1 aromatic heterocycles. The molecule has 0 saturated heterocycles. The van der Waals surface area contributed by atoms with Crippen molar-refractivity contribution >= 4 is 16.7 Å². The van der Waals surface area contributed by atoms with Crippen molar-refractivity contribution in [2.45, 2.75) is 96.6 Å². The molecule has 0 spiro atoms. The summed E-state index contributed by atoms with van der Waals surface area (Å²) < 4.78 is 2.49. The first kappa shape index (κ1) is 24.3. The first-order chi connectivity index (χ1) is 17.0. The van der Waals surface area contributed by atoms with E-state index in [-0.39, 0.29) is 0 Å². The number of hydrogen-bond acceptors (Lipinski definition) is 2. The number of hydrogen-bond donors (Lipinski definition) is 1. The van der Waals surface area contributed by atoms with Crippen LogP contribution in [-0.4, -0.2) is 16.4 Å². The smallest absolute Gasteiger partial charge is 0.133 e. The summed E-state index contributed by atoms with van der Waals surface area (Å²) in [7, 11) is 0. The highest BCUT2D eigenvalue weighted by molar-refractivity contribution is 5.89. The number of Topliss-reactive ketones (excluding diaryl/α,β-unsaturated/α-hetero) is 1. The molecule has 2 aliphatic carbocycles. The topological polar surface area (TPSA) is 48.0 Å². The fourth-order valence-corrected chi connectivity index (χ4v) is 6.46. The van der Waals surface area contributed by atoms with Crippen molar-refractivity contribution in [2.75, 3.05) is 0 Å². The molecular weight excluding hydrogens is 428 g/mol. The average Bonchev–Trinajstić information content (AvgIpc) is 3.21. The van der Waals surface area contributed by atoms with Crippen molar-refractivity contribution in [3.8, 4) is 11.1 Å². The van der Waals surface area contributed by atoms with E-state index in [1.807, 2.05) is 0 Å². The number of aryl methyl sites for hydroxylation is 2. The Balaban J connectivity index is 1.37. The standard InChI is InChI=1S/C32H42N2O/c1-23-6-5-9-26(18-23)27-13-17-32-31(20-27)28(22-34(32)21-25-7-3-2-4-8-25)12-16-30(35)19-24-10-14-29(33)15-11-24/h5-6,9,13,17-18,20,22,24-25,29H,2-4,7-8,10-12,14-16,19,21,33H2,1H3. The molecule has 2 aromatic carbocycles. The van der Waals surface area contributed by atoms with Gasteiger partial charge in [0, 0.05) is 42.5 Å². The van der Waals surface area contributed by atoms with Gasteiger partial charge in [0.25, 0.3) is 0 Å². The van der Waals surface area contributed by atoms with Crippen LogP contribution in [-0.2, 0) is 17.8 Å². The Bertz CT molecular complexity index is 1150. The molecule has 2 N–H and O–H groups in total. The largest absolute Gasteiger partial charge is 0.347 e. The molecule has 35 heavy (non-hydrogen) atoms. The number of fused-ring (bicyclic) bond motifs is 1. The molecule has 5 rings (SSSR count). The molecule has 0 aliphatic heterocycles. The highest BCUT2D eigenvalue weighted by Gasteiger charge is 2.22. The Kier molecular flexibility index (Phi) is 7.72. The third-order valence-corrected chi connectivity index (χ3v) is 8.58. The van der Waals surface area contributed by atoms with Crippen molar-refractivity contribution in [2.24, 2.45) is 17.6 Å². The number of rotatable bonds is 8. The Morgan fingerprint density at radius 3 is 2.46 bits per heavy atom. The van der Waals surface area contributed by atoms with Gasteiger partial charge in [-0.05, 0) is 92.5 Å². The predicted octanol–water partition coefficient (Wildman–Crippen LogP) is 7.61. The molecule has 0 atom stereocenters. The van der Waals surface area contributed by atoms with Gasteiger partial charge in [0.05, 0.1) is 0 Å². The molecule has 186 valence electrons. The first-order valence-corrected chi connectivity index (χ1v) is 14.0. The lowest BCUT2D eigenvalue weighted by Gasteiger charge is -2.25. The highest BCUT2D eigenvalue weighted by Crippen LogP contribution is 2.33. The van der Waals surface area contributed by atoms with Crippen molar-refractivity contribution in [1.29, 1.82) is 0 Å². The number of nitrogens with two attached hydrogens (primary N) is 1. The second kappa shape index (κ2) is 11.1. The molecule has 2 saturated carbocycles. The summed E-state index contributed by atoms with van der Waals surface area (Å²) in [4.78, 5) is 12.9. The summed E-state index contributed by atoms with van der Waals surface area (Å²) in [5.41, 5.74) is 12.5. The third kappa shape index (κ3) is 6.06. The highest BCUT2D eigenvalue weighted by atomic mass is 16.1. The van der Waals surface area contributed by atoms with Crippen LogP contribution in [0, 0.1) is 18.8 Å². The zero-order chi connectivity index (χ0) is 24.2. The van der Waals surface area contributed by atoms with Crippen LogP contribution in [0.2, 0.25) is 0 Å². The fourth-order valence-electron chi connectivity index (χ4n) is 6.46. The van der Waals surface area contributed by atoms with Crippen LogP contribution in [0.3, 0.4) is 0 Å². The third-order valence-electron chi connectivity index (χ3n) is 8.58. The van der Waals surface area contributed by atoms with Gasteiger partial charge < -0.3 is 10.3 Å². The van der Waals surface area contributed by atoms with E-state index in [1.165, 1.54) is 65.3 Å². The first-order valence-electron chi connectivity index (χ1n) is 14.0. The molecular formula is C32H42N2O. The van der Waals surface area contributed by atoms with Crippen LogP contribution in [0.25, 0.3) is 22.0 Å². The molecule has 0 amide bonds. The Labute approximate surface area is 211 Å². The molecule has 0 unspecified atom stereocenters. The van der Waals surface area contributed by atoms with Crippen LogP contribution in [0.5, 0.6) is 0 Å². The van der Waals surface area contributed by atoms with Crippen molar-refractivity contribution in [3.63, 3.8) is 0 Å². The van der Waals surface area contributed by atoms with Crippen LogP contribution >= 0.6 is 0 Å². The van der Waals surface area contributed by atoms with Gasteiger partial charge in [0.2, 0.25) is 0 Å². The van der Waals surface area contributed by atoms with Crippen molar-refractivity contribution < 1.29 is 4.79 Å². The van der Waals surface area contributed by atoms with Crippen molar-refractivity contribution in [3.05, 3.63) is 59.8 Å². The molecule has 2 fully saturated rings. The number of benzene rings is 2. The van der Waals surface area contributed by atoms with E-state index in [4.69, 9.17) is 5.73 Å². The Morgan fingerprint density at radius 2 is 1.69 bits per heavy atom. The van der Waals surface area contributed by atoms with Gasteiger partial charge in [0.1, 0.15) is 5.78 Å². The van der Waals surface area contributed by atoms with Gasteiger partial charge >= 0.3 is 0 Å². The normalized spacial score (nSPS) is 21.4. The van der Waals surface area contributed by atoms with E-state index in [2.05, 4.69) is 60.2 Å². The number of carbonyl (C=O) groups excluding carboxylic acids is 1. The van der Waals surface area contributed by atoms with E-state index in [0.717, 1.165) is 51.0 Å². The van der Waals surface area contributed by atoms with E-state index in [9.17, 15) is 4.79 Å². The second-order valence-electron chi connectivity index (χ2n) is 11.4. The molecule has 1 heterocycles. The maximum atomic E-state index is 12.9. The Hall–Kier alpha value is -2.39. The molecule has 0 bridgehead atoms. The van der Waals surface area contributed by atoms with Gasteiger partial charge in [0.15, 0.2) is 0 Å². The van der Waals surface area contributed by atoms with Gasteiger partial charge in [-0.1, -0.05) is 55.2 Å². The van der Waals surface area contributed by atoms with E-state index >= 15 is 0 Å². The molecule has 0 radical (unpaired) electrons. The summed E-state index contributed by atoms with van der Waals surface area (Å²) in [5, 5.41) is 1.33. The zero-order valence-electron chi connectivity index (χ0n) is 21.5. The van der Waals surface area contributed by atoms with Crippen molar-refractivity contribution in [1.82, 2.24) is 4.57 Å². The second-order valence-corrected chi connectivity index (χ2v) is 11.4. The number of aromatic nitrogens is 1. The lowest BCUT2D eigenvalue weighted by Crippen LogP contribution is -2.27. The lowest BCUT2D eigenvalue weighted by atomic mass is 9.83. The quantitative estimate of drug-likeness (QED) is 0.368. The molecule has 3 nitrogen and oxygen atoms in total. The zero-order valence-corrected chi connectivity index (χ0v) is 21.5. The fraction of sp³-hybridized carbons (Fsp3) is 0.531. The van der Waals surface area contributed by atoms with Gasteiger partial charge in [-0.15, -0.1) is 0 Å². The van der Waals surface area contributed by atoms with E-state index < -0.39 is 0 Å². The van der Waals surface area contributed by atoms with Crippen LogP contribution in [0.1, 0.15) is 81.8 Å². The maximum Gasteiger partial charge on any atom is 0.133 e. The predicted molar refractivity (Wildman–Crippen MR) is 147 cm³/mol. The van der Waals surface area contributed by atoms with E-state index in [1.54, 1.807) is 0 Å². The molecule has 3 aromatic rings. The average molecular weight is 471 g/mol. The SMILES string of the molecule is Cc1cccc(-c2ccc3c(c2)c(CCC(=O)CC2CCC(N)CC2)cn3CC2CCCCC2)c1. The molecule has 3 heteroatoms. The lowest BCUT2D eigenvalue weighted by molar-refractivity contribution is -0.120. The van der Waals surface area contributed by atoms with Gasteiger partial charge in [-0.3, -0.25) is 4.79 Å². The van der Waals surface area contributed by atoms with Gasteiger partial charge in [-0.25, -0.2) is 0 Å². The minimum atomic E-state index is 0.347. The summed E-state index contributed by atoms with van der Waals surface area (Å²) in [6.45, 7) is 3.26. The Morgan fingerprint density at radius 1 is 0.914 bits per heavy atom. The molecule has 2 aliphatic rings. The van der Waals surface area contributed by atoms with Crippen LogP contribution in [0.15, 0.2) is 48.7 Å². The minimum Gasteiger partial charge on any atom is -0.347 e. The minimum absolute atomic E-state index is 0.347. The summed E-state index contributed by atoms with van der Waals surface area (Å²) in [6.07, 6.45) is 15.8. The number of nitrogens with zero attached hydrogens (tertiary/aromatic N) is 1. The summed E-state index contributed by atoms with van der Waals surface area (Å²) >= 11 is 0. The van der Waals surface area contributed by atoms with Gasteiger partial charge in [-0.2, -0.15) is 0 Å². The number of ketones is 1. The maximum absolute atomic E-state index is 12.9.